The zero-order valence-electron chi connectivity index (χ0n) is 12.9. The molecule has 2 rings (SSSR count). The molecule has 0 atom stereocenters. The van der Waals surface area contributed by atoms with E-state index in [2.05, 4.69) is 41.0 Å². The van der Waals surface area contributed by atoms with Gasteiger partial charge in [-0.2, -0.15) is 4.98 Å². The summed E-state index contributed by atoms with van der Waals surface area (Å²) in [5, 5.41) is 3.26. The highest BCUT2D eigenvalue weighted by Crippen LogP contribution is 2.23. The minimum absolute atomic E-state index is 0.413. The number of hydrogen-bond donors (Lipinski definition) is 1. The Morgan fingerprint density at radius 3 is 2.75 bits per heavy atom. The molecule has 112 valence electrons. The first-order valence-corrected chi connectivity index (χ1v) is 7.68. The van der Waals surface area contributed by atoms with Crippen LogP contribution in [-0.2, 0) is 4.74 Å². The fraction of sp³-hybridized carbons (Fsp3) is 0.733. The molecule has 0 aliphatic carbocycles. The maximum absolute atomic E-state index is 5.70. The third kappa shape index (κ3) is 3.82. The number of aryl methyl sites for hydroxylation is 1. The van der Waals surface area contributed by atoms with Gasteiger partial charge in [-0.05, 0) is 33.1 Å². The molecule has 1 aromatic rings. The minimum Gasteiger partial charge on any atom is -0.378 e. The third-order valence-electron chi connectivity index (χ3n) is 3.62. The van der Waals surface area contributed by atoms with E-state index in [9.17, 15) is 0 Å². The van der Waals surface area contributed by atoms with Crippen LogP contribution < -0.4 is 10.2 Å². The van der Waals surface area contributed by atoms with Crippen LogP contribution in [0.5, 0.6) is 0 Å². The van der Waals surface area contributed by atoms with Gasteiger partial charge in [-0.1, -0.05) is 6.92 Å². The topological polar surface area (TPSA) is 50.3 Å². The van der Waals surface area contributed by atoms with Crippen LogP contribution in [0.15, 0.2) is 6.20 Å². The van der Waals surface area contributed by atoms with Crippen LogP contribution in [0.3, 0.4) is 0 Å². The van der Waals surface area contributed by atoms with E-state index in [4.69, 9.17) is 4.74 Å². The molecule has 1 aliphatic rings. The van der Waals surface area contributed by atoms with Crippen LogP contribution in [-0.4, -0.2) is 42.3 Å². The number of ether oxygens (including phenoxy) is 1. The summed E-state index contributed by atoms with van der Waals surface area (Å²) in [4.78, 5) is 11.4. The van der Waals surface area contributed by atoms with Crippen molar-refractivity contribution in [3.8, 4) is 0 Å². The lowest BCUT2D eigenvalue weighted by Crippen LogP contribution is -2.38. The fourth-order valence-electron chi connectivity index (χ4n) is 2.55. The molecule has 1 fully saturated rings. The van der Waals surface area contributed by atoms with Gasteiger partial charge in [0.1, 0.15) is 5.82 Å². The van der Waals surface area contributed by atoms with Gasteiger partial charge in [-0.25, -0.2) is 4.98 Å². The summed E-state index contributed by atoms with van der Waals surface area (Å²) in [5.41, 5.74) is 1.14. The van der Waals surface area contributed by atoms with Gasteiger partial charge in [0, 0.05) is 38.0 Å². The number of rotatable bonds is 6. The maximum Gasteiger partial charge on any atom is 0.224 e. The Bertz CT molecular complexity index is 416. The largest absolute Gasteiger partial charge is 0.378 e. The molecule has 0 unspecified atom stereocenters. The zero-order valence-corrected chi connectivity index (χ0v) is 12.9. The first-order valence-electron chi connectivity index (χ1n) is 7.68. The summed E-state index contributed by atoms with van der Waals surface area (Å²) < 4.78 is 5.70. The quantitative estimate of drug-likeness (QED) is 0.867. The van der Waals surface area contributed by atoms with Crippen molar-refractivity contribution >= 4 is 11.8 Å². The van der Waals surface area contributed by atoms with Crippen molar-refractivity contribution < 1.29 is 4.74 Å². The van der Waals surface area contributed by atoms with Crippen molar-refractivity contribution in [2.45, 2.75) is 46.1 Å². The lowest BCUT2D eigenvalue weighted by molar-refractivity contribution is 0.0458. The lowest BCUT2D eigenvalue weighted by Gasteiger charge is -2.33. The van der Waals surface area contributed by atoms with E-state index >= 15 is 0 Å². The third-order valence-corrected chi connectivity index (χ3v) is 3.62. The van der Waals surface area contributed by atoms with Gasteiger partial charge in [0.2, 0.25) is 5.95 Å². The SMILES string of the molecule is CCCNc1ncc(C)c(N2CCC(OCC)CC2)n1. The predicted octanol–water partition coefficient (Wildman–Crippen LogP) is 2.61. The molecule has 5 nitrogen and oxygen atoms in total. The smallest absolute Gasteiger partial charge is 0.224 e. The minimum atomic E-state index is 0.413. The van der Waals surface area contributed by atoms with E-state index in [1.807, 2.05) is 6.20 Å². The average Bonchev–Trinajstić information content (AvgIpc) is 2.48. The Balaban J connectivity index is 2.01. The van der Waals surface area contributed by atoms with Gasteiger partial charge in [-0.3, -0.25) is 0 Å². The summed E-state index contributed by atoms with van der Waals surface area (Å²) in [7, 11) is 0. The van der Waals surface area contributed by atoms with Gasteiger partial charge >= 0.3 is 0 Å². The molecule has 1 aliphatic heterocycles. The van der Waals surface area contributed by atoms with Crippen LogP contribution >= 0.6 is 0 Å². The normalized spacial score (nSPS) is 16.4. The molecule has 0 radical (unpaired) electrons. The summed E-state index contributed by atoms with van der Waals surface area (Å²) >= 11 is 0. The average molecular weight is 278 g/mol. The highest BCUT2D eigenvalue weighted by molar-refractivity contribution is 5.49. The molecule has 0 bridgehead atoms. The Hall–Kier alpha value is -1.36. The Morgan fingerprint density at radius 1 is 1.35 bits per heavy atom. The van der Waals surface area contributed by atoms with Crippen LogP contribution in [0.25, 0.3) is 0 Å². The zero-order chi connectivity index (χ0) is 14.4. The van der Waals surface area contributed by atoms with Crippen molar-refractivity contribution in [1.82, 2.24) is 9.97 Å². The summed E-state index contributed by atoms with van der Waals surface area (Å²) in [6, 6.07) is 0. The molecule has 20 heavy (non-hydrogen) atoms. The van der Waals surface area contributed by atoms with Crippen LogP contribution in [0.4, 0.5) is 11.8 Å². The second kappa shape index (κ2) is 7.43. The number of piperidine rings is 1. The van der Waals surface area contributed by atoms with E-state index in [1.165, 1.54) is 0 Å². The standard InChI is InChI=1S/C15H26N4O/c1-4-8-16-15-17-11-12(3)14(18-15)19-9-6-13(7-10-19)20-5-2/h11,13H,4-10H2,1-3H3,(H,16,17,18). The number of aromatic nitrogens is 2. The number of anilines is 2. The molecule has 1 N–H and O–H groups in total. The van der Waals surface area contributed by atoms with Crippen molar-refractivity contribution in [3.63, 3.8) is 0 Å². The Morgan fingerprint density at radius 2 is 2.10 bits per heavy atom. The van der Waals surface area contributed by atoms with E-state index in [-0.39, 0.29) is 0 Å². The van der Waals surface area contributed by atoms with Gasteiger partial charge in [0.05, 0.1) is 6.10 Å². The molecule has 5 heteroatoms. The molecular formula is C15H26N4O. The highest BCUT2D eigenvalue weighted by atomic mass is 16.5. The van der Waals surface area contributed by atoms with Crippen molar-refractivity contribution in [3.05, 3.63) is 11.8 Å². The summed E-state index contributed by atoms with van der Waals surface area (Å²) in [5.74, 6) is 1.80. The number of nitrogens with zero attached hydrogens (tertiary/aromatic N) is 3. The second-order valence-electron chi connectivity index (χ2n) is 5.27. The molecule has 0 spiro atoms. The monoisotopic (exact) mass is 278 g/mol. The molecule has 0 saturated carbocycles. The Kier molecular flexibility index (Phi) is 5.59. The van der Waals surface area contributed by atoms with Crippen LogP contribution in [0, 0.1) is 6.92 Å². The van der Waals surface area contributed by atoms with Crippen molar-refractivity contribution in [2.75, 3.05) is 36.5 Å². The van der Waals surface area contributed by atoms with Gasteiger partial charge in [0.25, 0.3) is 0 Å². The first kappa shape index (κ1) is 15.0. The predicted molar refractivity (Wildman–Crippen MR) is 82.4 cm³/mol. The summed E-state index contributed by atoms with van der Waals surface area (Å²) in [6.07, 6.45) is 5.56. The molecule has 1 aromatic heterocycles. The molecule has 2 heterocycles. The maximum atomic E-state index is 5.70. The van der Waals surface area contributed by atoms with Crippen LogP contribution in [0.1, 0.15) is 38.7 Å². The van der Waals surface area contributed by atoms with E-state index < -0.39 is 0 Å². The highest BCUT2D eigenvalue weighted by Gasteiger charge is 2.21. The lowest BCUT2D eigenvalue weighted by atomic mass is 10.1. The fourth-order valence-corrected chi connectivity index (χ4v) is 2.55. The summed E-state index contributed by atoms with van der Waals surface area (Å²) in [6.45, 7) is 10.0. The number of nitrogens with one attached hydrogen (secondary N) is 1. The molecule has 1 saturated heterocycles. The van der Waals surface area contributed by atoms with Crippen molar-refractivity contribution in [2.24, 2.45) is 0 Å². The molecule has 0 aromatic carbocycles. The molecular weight excluding hydrogens is 252 g/mol. The van der Waals surface area contributed by atoms with Gasteiger partial charge in [0.15, 0.2) is 0 Å². The Labute approximate surface area is 121 Å². The van der Waals surface area contributed by atoms with Crippen molar-refractivity contribution in [1.29, 1.82) is 0 Å². The molecule has 0 amide bonds. The first-order chi connectivity index (χ1) is 9.74. The second-order valence-corrected chi connectivity index (χ2v) is 5.27. The van der Waals surface area contributed by atoms with E-state index in [1.54, 1.807) is 0 Å². The van der Waals surface area contributed by atoms with Crippen LogP contribution in [0.2, 0.25) is 0 Å². The van der Waals surface area contributed by atoms with Gasteiger partial charge < -0.3 is 15.0 Å². The van der Waals surface area contributed by atoms with E-state index in [0.717, 1.165) is 62.8 Å². The van der Waals surface area contributed by atoms with E-state index in [0.29, 0.717) is 6.10 Å². The van der Waals surface area contributed by atoms with Gasteiger partial charge in [-0.15, -0.1) is 0 Å². The number of hydrogen-bond acceptors (Lipinski definition) is 5.